The van der Waals surface area contributed by atoms with Crippen LogP contribution in [0.3, 0.4) is 0 Å². The zero-order valence-electron chi connectivity index (χ0n) is 18.1. The summed E-state index contributed by atoms with van der Waals surface area (Å²) in [5.74, 6) is -7.39. The molecule has 0 radical (unpaired) electrons. The predicted octanol–water partition coefficient (Wildman–Crippen LogP) is 2.05. The summed E-state index contributed by atoms with van der Waals surface area (Å²) < 4.78 is 10.3. The summed E-state index contributed by atoms with van der Waals surface area (Å²) in [6.07, 6.45) is -4.02. The SMILES string of the molecule is CC(C)(C)OC(=O)N1C(=O)N(C(=O)OC(C)(C)C)C2(C[C@H](C(=O)O)[C@@H](C(=O)O)C2)C1=O. The highest BCUT2D eigenvalue weighted by Gasteiger charge is 2.69. The minimum Gasteiger partial charge on any atom is -0.481 e. The predicted molar refractivity (Wildman–Crippen MR) is 101 cm³/mol. The largest absolute Gasteiger partial charge is 0.481 e. The third kappa shape index (κ3) is 4.47. The highest BCUT2D eigenvalue weighted by atomic mass is 16.6. The van der Waals surface area contributed by atoms with Gasteiger partial charge in [0.15, 0.2) is 0 Å². The Labute approximate surface area is 178 Å². The molecule has 0 aromatic heterocycles. The Morgan fingerprint density at radius 1 is 0.839 bits per heavy atom. The van der Waals surface area contributed by atoms with Crippen molar-refractivity contribution in [2.75, 3.05) is 0 Å². The first kappa shape index (κ1) is 24.1. The number of carboxylic acid groups (broad SMARTS) is 2. The van der Waals surface area contributed by atoms with E-state index in [1.54, 1.807) is 0 Å². The zero-order valence-corrected chi connectivity index (χ0v) is 18.1. The number of hydrogen-bond acceptors (Lipinski definition) is 8. The first-order chi connectivity index (χ1) is 13.9. The summed E-state index contributed by atoms with van der Waals surface area (Å²) in [7, 11) is 0. The zero-order chi connectivity index (χ0) is 24.1. The Morgan fingerprint density at radius 3 is 1.58 bits per heavy atom. The second kappa shape index (κ2) is 7.50. The molecule has 2 atom stereocenters. The molecule has 12 heteroatoms. The molecule has 2 rings (SSSR count). The van der Waals surface area contributed by atoms with Gasteiger partial charge in [-0.3, -0.25) is 14.4 Å². The van der Waals surface area contributed by atoms with Crippen molar-refractivity contribution in [3.8, 4) is 0 Å². The van der Waals surface area contributed by atoms with Crippen LogP contribution in [0, 0.1) is 11.8 Å². The van der Waals surface area contributed by atoms with Gasteiger partial charge in [-0.1, -0.05) is 0 Å². The minimum atomic E-state index is -2.21. The average molecular weight is 442 g/mol. The number of nitrogens with zero attached hydrogens (tertiary/aromatic N) is 2. The maximum Gasteiger partial charge on any atom is 0.425 e. The summed E-state index contributed by atoms with van der Waals surface area (Å²) >= 11 is 0. The van der Waals surface area contributed by atoms with Crippen LogP contribution >= 0.6 is 0 Å². The molecule has 1 saturated heterocycles. The molecule has 2 aliphatic rings. The van der Waals surface area contributed by atoms with Crippen molar-refractivity contribution in [1.29, 1.82) is 0 Å². The molecule has 172 valence electrons. The summed E-state index contributed by atoms with van der Waals surface area (Å²) in [5, 5.41) is 18.9. The van der Waals surface area contributed by atoms with Gasteiger partial charge in [0, 0.05) is 0 Å². The van der Waals surface area contributed by atoms with Gasteiger partial charge in [0.1, 0.15) is 16.7 Å². The fourth-order valence-electron chi connectivity index (χ4n) is 3.67. The molecule has 1 aliphatic heterocycles. The number of imide groups is 4. The Bertz CT molecular complexity index is 829. The van der Waals surface area contributed by atoms with Gasteiger partial charge >= 0.3 is 30.2 Å². The Hall–Kier alpha value is -3.18. The third-order valence-electron chi connectivity index (χ3n) is 4.80. The van der Waals surface area contributed by atoms with E-state index in [0.717, 1.165) is 0 Å². The number of rotatable bonds is 2. The lowest BCUT2D eigenvalue weighted by atomic mass is 9.94. The second-order valence-electron chi connectivity index (χ2n) is 9.55. The smallest absolute Gasteiger partial charge is 0.425 e. The van der Waals surface area contributed by atoms with Crippen LogP contribution in [0.15, 0.2) is 0 Å². The van der Waals surface area contributed by atoms with Gasteiger partial charge in [-0.2, -0.15) is 4.90 Å². The lowest BCUT2D eigenvalue weighted by molar-refractivity contribution is -0.152. The van der Waals surface area contributed by atoms with E-state index in [1.807, 2.05) is 0 Å². The van der Waals surface area contributed by atoms with Crippen LogP contribution in [0.1, 0.15) is 54.4 Å². The van der Waals surface area contributed by atoms with Gasteiger partial charge in [-0.25, -0.2) is 19.3 Å². The van der Waals surface area contributed by atoms with E-state index >= 15 is 0 Å². The topological polar surface area (TPSA) is 168 Å². The van der Waals surface area contributed by atoms with Crippen molar-refractivity contribution in [2.24, 2.45) is 11.8 Å². The molecule has 2 fully saturated rings. The van der Waals surface area contributed by atoms with Crippen molar-refractivity contribution in [2.45, 2.75) is 71.1 Å². The maximum atomic E-state index is 13.3. The van der Waals surface area contributed by atoms with Crippen LogP contribution in [0.2, 0.25) is 0 Å². The first-order valence-electron chi connectivity index (χ1n) is 9.51. The molecule has 1 spiro atoms. The molecule has 0 unspecified atom stereocenters. The number of carboxylic acids is 2. The average Bonchev–Trinajstić information content (AvgIpc) is 3.02. The summed E-state index contributed by atoms with van der Waals surface area (Å²) in [6, 6.07) is -1.39. The van der Waals surface area contributed by atoms with Gasteiger partial charge in [-0.15, -0.1) is 0 Å². The van der Waals surface area contributed by atoms with Gasteiger partial charge in [0.05, 0.1) is 11.8 Å². The summed E-state index contributed by atoms with van der Waals surface area (Å²) in [5.41, 5.74) is -4.40. The van der Waals surface area contributed by atoms with Gasteiger partial charge < -0.3 is 19.7 Å². The fraction of sp³-hybridized carbons (Fsp3) is 0.684. The van der Waals surface area contributed by atoms with Crippen molar-refractivity contribution in [3.63, 3.8) is 0 Å². The first-order valence-corrected chi connectivity index (χ1v) is 9.51. The molecular weight excluding hydrogens is 416 g/mol. The van der Waals surface area contributed by atoms with E-state index in [9.17, 15) is 39.0 Å². The summed E-state index contributed by atoms with van der Waals surface area (Å²) in [4.78, 5) is 75.4. The van der Waals surface area contributed by atoms with Crippen molar-refractivity contribution >= 4 is 36.1 Å². The Balaban J connectivity index is 2.59. The van der Waals surface area contributed by atoms with E-state index < -0.39 is 77.5 Å². The molecule has 12 nitrogen and oxygen atoms in total. The van der Waals surface area contributed by atoms with Crippen LogP contribution in [0.25, 0.3) is 0 Å². The fourth-order valence-corrected chi connectivity index (χ4v) is 3.67. The summed E-state index contributed by atoms with van der Waals surface area (Å²) in [6.45, 7) is 8.98. The van der Waals surface area contributed by atoms with Crippen LogP contribution in [-0.2, 0) is 23.9 Å². The van der Waals surface area contributed by atoms with Crippen molar-refractivity contribution < 1.29 is 48.5 Å². The molecule has 1 aliphatic carbocycles. The number of aliphatic carboxylic acids is 2. The number of carbonyl (C=O) groups excluding carboxylic acids is 4. The second-order valence-corrected chi connectivity index (χ2v) is 9.55. The molecule has 0 bridgehead atoms. The number of ether oxygens (including phenoxy) is 2. The minimum absolute atomic E-state index is 0.0955. The van der Waals surface area contributed by atoms with Gasteiger partial charge in [0.2, 0.25) is 0 Å². The lowest BCUT2D eigenvalue weighted by Crippen LogP contribution is -2.52. The molecule has 5 amide bonds. The molecule has 0 aromatic rings. The molecular formula is C19H26N2O10. The highest BCUT2D eigenvalue weighted by Crippen LogP contribution is 2.48. The molecule has 1 heterocycles. The van der Waals surface area contributed by atoms with Crippen LogP contribution in [-0.4, -0.2) is 72.8 Å². The van der Waals surface area contributed by atoms with Crippen LogP contribution in [0.5, 0.6) is 0 Å². The quantitative estimate of drug-likeness (QED) is 0.604. The van der Waals surface area contributed by atoms with Gasteiger partial charge in [0.25, 0.3) is 5.91 Å². The maximum absolute atomic E-state index is 13.3. The standard InChI is InChI=1S/C19H26N2O10/c1-17(2,3)30-15(28)20-13(26)19(7-9(11(22)23)10(8-19)12(24)25)21(14(20)27)16(29)31-18(4,5)6/h9-10H,7-8H2,1-6H3,(H,22,23)(H,24,25)/t9-,10-/m0/s1. The highest BCUT2D eigenvalue weighted by molar-refractivity contribution is 6.21. The monoisotopic (exact) mass is 442 g/mol. The number of carbonyl (C=O) groups is 6. The van der Waals surface area contributed by atoms with E-state index in [1.165, 1.54) is 41.5 Å². The van der Waals surface area contributed by atoms with Crippen molar-refractivity contribution in [1.82, 2.24) is 9.80 Å². The molecule has 31 heavy (non-hydrogen) atoms. The molecule has 2 N–H and O–H groups in total. The third-order valence-corrected chi connectivity index (χ3v) is 4.80. The normalized spacial score (nSPS) is 23.3. The lowest BCUT2D eigenvalue weighted by Gasteiger charge is -2.31. The van der Waals surface area contributed by atoms with Crippen LogP contribution < -0.4 is 0 Å². The molecule has 1 saturated carbocycles. The van der Waals surface area contributed by atoms with E-state index in [-0.39, 0.29) is 4.90 Å². The number of hydrogen-bond donors (Lipinski definition) is 2. The van der Waals surface area contributed by atoms with E-state index in [4.69, 9.17) is 9.47 Å². The number of amides is 5. The van der Waals surface area contributed by atoms with Crippen molar-refractivity contribution in [3.05, 3.63) is 0 Å². The Morgan fingerprint density at radius 2 is 1.23 bits per heavy atom. The molecule has 0 aromatic carbocycles. The van der Waals surface area contributed by atoms with Gasteiger partial charge in [-0.05, 0) is 54.4 Å². The van der Waals surface area contributed by atoms with E-state index in [2.05, 4.69) is 0 Å². The Kier molecular flexibility index (Phi) is 5.83. The number of urea groups is 1. The van der Waals surface area contributed by atoms with Crippen LogP contribution in [0.4, 0.5) is 14.4 Å². The van der Waals surface area contributed by atoms with E-state index in [0.29, 0.717) is 4.90 Å².